The van der Waals surface area contributed by atoms with E-state index in [1.54, 1.807) is 20.3 Å². The fourth-order valence-corrected chi connectivity index (χ4v) is 3.91. The van der Waals surface area contributed by atoms with Gasteiger partial charge in [-0.15, -0.1) is 10.2 Å². The molecule has 1 N–H and O–H groups in total. The Morgan fingerprint density at radius 3 is 2.61 bits per heavy atom. The van der Waals surface area contributed by atoms with Crippen LogP contribution in [0.3, 0.4) is 0 Å². The van der Waals surface area contributed by atoms with Gasteiger partial charge < -0.3 is 14.0 Å². The summed E-state index contributed by atoms with van der Waals surface area (Å²) < 4.78 is 12.6. The van der Waals surface area contributed by atoms with Gasteiger partial charge in [0.05, 0.1) is 31.2 Å². The summed E-state index contributed by atoms with van der Waals surface area (Å²) in [6.07, 6.45) is 3.15. The van der Waals surface area contributed by atoms with Gasteiger partial charge in [0.2, 0.25) is 0 Å². The zero-order valence-electron chi connectivity index (χ0n) is 18.5. The minimum absolute atomic E-state index is 0.126. The second kappa shape index (κ2) is 12.1. The van der Waals surface area contributed by atoms with Crippen LogP contribution in [0, 0.1) is 0 Å². The highest BCUT2D eigenvalue weighted by molar-refractivity contribution is 7.99. The Morgan fingerprint density at radius 2 is 1.91 bits per heavy atom. The van der Waals surface area contributed by atoms with Crippen LogP contribution in [0.5, 0.6) is 11.5 Å². The molecule has 1 heterocycles. The first kappa shape index (κ1) is 24.3. The van der Waals surface area contributed by atoms with Gasteiger partial charge in [-0.3, -0.25) is 4.79 Å². The summed E-state index contributed by atoms with van der Waals surface area (Å²) in [7, 11) is 3.17. The van der Waals surface area contributed by atoms with Crippen LogP contribution in [0.1, 0.15) is 12.5 Å². The summed E-state index contributed by atoms with van der Waals surface area (Å²) in [6, 6.07) is 15.1. The number of halogens is 1. The number of thioether (sulfide) groups is 1. The number of hydrogen-bond acceptors (Lipinski definition) is 7. The number of allylic oxidation sites excluding steroid dienone is 1. The third kappa shape index (κ3) is 6.59. The largest absolute Gasteiger partial charge is 0.493 e. The third-order valence-electron chi connectivity index (χ3n) is 4.49. The molecule has 33 heavy (non-hydrogen) atoms. The SMILES string of the molecule is CCn1c(SCC(=O)NN=CC(Cl)=Cc2ccccc2)nnc1-c1ccc(OC)c(OC)c1. The Labute approximate surface area is 201 Å². The van der Waals surface area contributed by atoms with E-state index in [0.717, 1.165) is 11.1 Å². The molecule has 0 saturated carbocycles. The normalized spacial score (nSPS) is 11.6. The first-order valence-corrected chi connectivity index (χ1v) is 11.4. The molecule has 8 nitrogen and oxygen atoms in total. The van der Waals surface area contributed by atoms with E-state index < -0.39 is 0 Å². The van der Waals surface area contributed by atoms with Crippen molar-refractivity contribution in [1.82, 2.24) is 20.2 Å². The zero-order valence-corrected chi connectivity index (χ0v) is 20.1. The maximum Gasteiger partial charge on any atom is 0.250 e. The highest BCUT2D eigenvalue weighted by Crippen LogP contribution is 2.32. The highest BCUT2D eigenvalue weighted by Gasteiger charge is 2.16. The number of carbonyl (C=O) groups is 1. The van der Waals surface area contributed by atoms with E-state index in [1.807, 2.05) is 60.0 Å². The molecule has 10 heteroatoms. The van der Waals surface area contributed by atoms with Crippen molar-refractivity contribution in [2.45, 2.75) is 18.6 Å². The van der Waals surface area contributed by atoms with Crippen LogP contribution in [-0.4, -0.2) is 46.9 Å². The van der Waals surface area contributed by atoms with Gasteiger partial charge in [0, 0.05) is 12.1 Å². The van der Waals surface area contributed by atoms with Gasteiger partial charge in [-0.2, -0.15) is 5.10 Å². The first-order chi connectivity index (χ1) is 16.0. The van der Waals surface area contributed by atoms with E-state index in [4.69, 9.17) is 21.1 Å². The van der Waals surface area contributed by atoms with Crippen LogP contribution < -0.4 is 14.9 Å². The second-order valence-corrected chi connectivity index (χ2v) is 8.02. The Morgan fingerprint density at radius 1 is 1.15 bits per heavy atom. The molecular weight excluding hydrogens is 462 g/mol. The molecule has 0 aliphatic heterocycles. The van der Waals surface area contributed by atoms with E-state index in [0.29, 0.717) is 34.1 Å². The van der Waals surface area contributed by atoms with E-state index in [2.05, 4.69) is 20.7 Å². The van der Waals surface area contributed by atoms with Crippen molar-refractivity contribution in [1.29, 1.82) is 0 Å². The number of nitrogens with one attached hydrogen (secondary N) is 1. The van der Waals surface area contributed by atoms with E-state index >= 15 is 0 Å². The molecule has 0 radical (unpaired) electrons. The zero-order chi connectivity index (χ0) is 23.6. The van der Waals surface area contributed by atoms with E-state index in [1.165, 1.54) is 18.0 Å². The number of ether oxygens (including phenoxy) is 2. The van der Waals surface area contributed by atoms with Gasteiger partial charge >= 0.3 is 0 Å². The van der Waals surface area contributed by atoms with Crippen LogP contribution in [0.2, 0.25) is 0 Å². The van der Waals surface area contributed by atoms with Gasteiger partial charge in [0.1, 0.15) is 0 Å². The smallest absolute Gasteiger partial charge is 0.250 e. The molecule has 1 aromatic heterocycles. The third-order valence-corrected chi connectivity index (χ3v) is 5.66. The molecule has 0 aliphatic carbocycles. The standard InChI is InChI=1S/C23H24ClN5O3S/c1-4-29-22(17-10-11-19(31-2)20(13-17)32-3)27-28-23(29)33-15-21(30)26-25-14-18(24)12-16-8-6-5-7-9-16/h5-14H,4,15H2,1-3H3,(H,26,30). The first-order valence-electron chi connectivity index (χ1n) is 10.1. The van der Waals surface area contributed by atoms with Gasteiger partial charge in [-0.05, 0) is 36.8 Å². The number of carbonyl (C=O) groups excluding carboxylic acids is 1. The minimum Gasteiger partial charge on any atom is -0.493 e. The lowest BCUT2D eigenvalue weighted by Gasteiger charge is -2.10. The number of aromatic nitrogens is 3. The average Bonchev–Trinajstić information content (AvgIpc) is 3.25. The monoisotopic (exact) mass is 485 g/mol. The predicted octanol–water partition coefficient (Wildman–Crippen LogP) is 4.46. The number of amides is 1. The lowest BCUT2D eigenvalue weighted by Crippen LogP contribution is -2.19. The van der Waals surface area contributed by atoms with Crippen molar-refractivity contribution in [2.75, 3.05) is 20.0 Å². The van der Waals surface area contributed by atoms with Gasteiger partial charge in [0.25, 0.3) is 5.91 Å². The Hall–Kier alpha value is -3.30. The lowest BCUT2D eigenvalue weighted by molar-refractivity contribution is -0.118. The number of methoxy groups -OCH3 is 2. The highest BCUT2D eigenvalue weighted by atomic mass is 35.5. The molecule has 0 atom stereocenters. The van der Waals surface area contributed by atoms with Crippen molar-refractivity contribution in [2.24, 2.45) is 5.10 Å². The Kier molecular flexibility index (Phi) is 8.91. The quantitative estimate of drug-likeness (QED) is 0.259. The number of benzene rings is 2. The molecule has 0 saturated heterocycles. The summed E-state index contributed by atoms with van der Waals surface area (Å²) in [5.74, 6) is 1.76. The summed E-state index contributed by atoms with van der Waals surface area (Å²) in [4.78, 5) is 12.2. The molecule has 0 spiro atoms. The summed E-state index contributed by atoms with van der Waals surface area (Å²) in [5, 5.41) is 13.5. The number of nitrogens with zero attached hydrogens (tertiary/aromatic N) is 4. The van der Waals surface area contributed by atoms with Crippen LogP contribution in [0.15, 0.2) is 63.8 Å². The van der Waals surface area contributed by atoms with Crippen LogP contribution in [-0.2, 0) is 11.3 Å². The number of hydrazone groups is 1. The van der Waals surface area contributed by atoms with Crippen molar-refractivity contribution in [3.05, 3.63) is 59.1 Å². The van der Waals surface area contributed by atoms with Crippen LogP contribution >= 0.6 is 23.4 Å². The molecule has 3 aromatic rings. The van der Waals surface area contributed by atoms with Crippen LogP contribution in [0.4, 0.5) is 0 Å². The van der Waals surface area contributed by atoms with E-state index in [9.17, 15) is 4.79 Å². The Balaban J connectivity index is 1.61. The van der Waals surface area contributed by atoms with Gasteiger partial charge in [-0.25, -0.2) is 5.43 Å². The van der Waals surface area contributed by atoms with Crippen molar-refractivity contribution in [3.63, 3.8) is 0 Å². The number of hydrogen-bond donors (Lipinski definition) is 1. The van der Waals surface area contributed by atoms with Crippen molar-refractivity contribution in [3.8, 4) is 22.9 Å². The van der Waals surface area contributed by atoms with Crippen molar-refractivity contribution < 1.29 is 14.3 Å². The van der Waals surface area contributed by atoms with Gasteiger partial charge in [-0.1, -0.05) is 53.7 Å². The molecule has 3 rings (SSSR count). The van der Waals surface area contributed by atoms with Crippen molar-refractivity contribution >= 4 is 41.6 Å². The second-order valence-electron chi connectivity index (χ2n) is 6.64. The maximum absolute atomic E-state index is 12.2. The number of rotatable bonds is 10. The fraction of sp³-hybridized carbons (Fsp3) is 0.217. The molecule has 0 unspecified atom stereocenters. The fourth-order valence-electron chi connectivity index (χ4n) is 2.94. The molecule has 1 amide bonds. The molecular formula is C23H24ClN5O3S. The molecule has 0 bridgehead atoms. The van der Waals surface area contributed by atoms with Gasteiger partial charge in [0.15, 0.2) is 22.5 Å². The molecule has 0 fully saturated rings. The van der Waals surface area contributed by atoms with E-state index in [-0.39, 0.29) is 11.7 Å². The predicted molar refractivity (Wildman–Crippen MR) is 132 cm³/mol. The maximum atomic E-state index is 12.2. The lowest BCUT2D eigenvalue weighted by atomic mass is 10.2. The summed E-state index contributed by atoms with van der Waals surface area (Å²) in [6.45, 7) is 2.63. The molecule has 0 aliphatic rings. The Bertz CT molecular complexity index is 1150. The van der Waals surface area contributed by atoms with Crippen LogP contribution in [0.25, 0.3) is 17.5 Å². The molecule has 172 valence electrons. The summed E-state index contributed by atoms with van der Waals surface area (Å²) in [5.41, 5.74) is 4.25. The molecule has 2 aromatic carbocycles. The minimum atomic E-state index is -0.279. The topological polar surface area (TPSA) is 90.6 Å². The summed E-state index contributed by atoms with van der Waals surface area (Å²) >= 11 is 7.40. The average molecular weight is 486 g/mol.